The Morgan fingerprint density at radius 3 is 2.64 bits per heavy atom. The number of aliphatic hydroxyl groups is 1. The molecule has 1 fully saturated rings. The van der Waals surface area contributed by atoms with E-state index in [1.54, 1.807) is 19.1 Å². The molecule has 0 aromatic carbocycles. The van der Waals surface area contributed by atoms with Gasteiger partial charge in [0.2, 0.25) is 5.91 Å². The maximum atomic E-state index is 12.5. The van der Waals surface area contributed by atoms with Gasteiger partial charge in [-0.25, -0.2) is 0 Å². The summed E-state index contributed by atoms with van der Waals surface area (Å²) in [4.78, 5) is 12.5. The topological polar surface area (TPSA) is 71.7 Å². The van der Waals surface area contributed by atoms with Gasteiger partial charge in [0.25, 0.3) is 0 Å². The van der Waals surface area contributed by atoms with Crippen molar-refractivity contribution in [3.63, 3.8) is 0 Å². The third-order valence-electron chi connectivity index (χ3n) is 4.40. The number of rotatable bonds is 6. The van der Waals surface area contributed by atoms with Crippen molar-refractivity contribution in [1.82, 2.24) is 5.32 Å². The molecule has 2 heterocycles. The first kappa shape index (κ1) is 17.0. The second-order valence-electron chi connectivity index (χ2n) is 7.08. The summed E-state index contributed by atoms with van der Waals surface area (Å²) < 4.78 is 10.6. The molecule has 5 heteroatoms. The zero-order chi connectivity index (χ0) is 16.2. The molecule has 0 aliphatic carbocycles. The van der Waals surface area contributed by atoms with E-state index in [1.807, 2.05) is 13.8 Å². The van der Waals surface area contributed by atoms with E-state index in [0.717, 1.165) is 32.5 Å². The fourth-order valence-corrected chi connectivity index (χ4v) is 2.93. The molecule has 1 atom stereocenters. The normalized spacial score (nSPS) is 19.6. The van der Waals surface area contributed by atoms with Crippen molar-refractivity contribution in [2.45, 2.75) is 45.6 Å². The van der Waals surface area contributed by atoms with Crippen LogP contribution in [0.1, 0.15) is 45.8 Å². The van der Waals surface area contributed by atoms with Crippen molar-refractivity contribution >= 4 is 5.91 Å². The molecule has 1 aromatic heterocycles. The molecule has 1 aliphatic heterocycles. The molecule has 1 unspecified atom stereocenters. The lowest BCUT2D eigenvalue weighted by Gasteiger charge is -2.32. The van der Waals surface area contributed by atoms with Crippen LogP contribution in [0.25, 0.3) is 0 Å². The predicted octanol–water partition coefficient (Wildman–Crippen LogP) is 2.45. The molecule has 0 spiro atoms. The van der Waals surface area contributed by atoms with Gasteiger partial charge in [0.15, 0.2) is 0 Å². The number of furan rings is 1. The molecule has 1 saturated heterocycles. The number of nitrogens with one attached hydrogen (secondary N) is 1. The van der Waals surface area contributed by atoms with Crippen LogP contribution in [0.4, 0.5) is 0 Å². The first-order valence-corrected chi connectivity index (χ1v) is 7.94. The van der Waals surface area contributed by atoms with E-state index in [0.29, 0.717) is 11.7 Å². The van der Waals surface area contributed by atoms with Gasteiger partial charge in [-0.3, -0.25) is 4.79 Å². The van der Waals surface area contributed by atoms with Crippen molar-refractivity contribution in [3.8, 4) is 0 Å². The Morgan fingerprint density at radius 2 is 2.05 bits per heavy atom. The highest BCUT2D eigenvalue weighted by atomic mass is 16.5. The summed E-state index contributed by atoms with van der Waals surface area (Å²) in [6.45, 7) is 7.26. The van der Waals surface area contributed by atoms with Crippen LogP contribution in [0.2, 0.25) is 0 Å². The van der Waals surface area contributed by atoms with Gasteiger partial charge < -0.3 is 19.6 Å². The summed E-state index contributed by atoms with van der Waals surface area (Å²) in [5.41, 5.74) is -1.66. The van der Waals surface area contributed by atoms with Gasteiger partial charge in [0, 0.05) is 18.6 Å². The summed E-state index contributed by atoms with van der Waals surface area (Å²) in [6, 6.07) is 3.43. The molecule has 2 N–H and O–H groups in total. The van der Waals surface area contributed by atoms with Crippen molar-refractivity contribution < 1.29 is 19.1 Å². The summed E-state index contributed by atoms with van der Waals surface area (Å²) >= 11 is 0. The number of hydrogen-bond acceptors (Lipinski definition) is 4. The van der Waals surface area contributed by atoms with Crippen molar-refractivity contribution in [1.29, 1.82) is 0 Å². The molecule has 22 heavy (non-hydrogen) atoms. The second kappa shape index (κ2) is 6.84. The summed E-state index contributed by atoms with van der Waals surface area (Å²) in [7, 11) is 0. The third-order valence-corrected chi connectivity index (χ3v) is 4.40. The zero-order valence-corrected chi connectivity index (χ0v) is 13.7. The summed E-state index contributed by atoms with van der Waals surface area (Å²) in [6.07, 6.45) is 4.38. The van der Waals surface area contributed by atoms with Gasteiger partial charge >= 0.3 is 0 Å². The quantitative estimate of drug-likeness (QED) is 0.846. The minimum atomic E-state index is -1.20. The van der Waals surface area contributed by atoms with Crippen molar-refractivity contribution in [2.75, 3.05) is 19.8 Å². The van der Waals surface area contributed by atoms with Crippen LogP contribution in [0.3, 0.4) is 0 Å². The fraction of sp³-hybridized carbons (Fsp3) is 0.706. The zero-order valence-electron chi connectivity index (χ0n) is 13.7. The van der Waals surface area contributed by atoms with Gasteiger partial charge in [-0.1, -0.05) is 13.8 Å². The number of hydrogen-bond donors (Lipinski definition) is 2. The number of ether oxygens (including phenoxy) is 1. The molecule has 5 nitrogen and oxygen atoms in total. The Kier molecular flexibility index (Phi) is 5.29. The first-order valence-electron chi connectivity index (χ1n) is 7.94. The van der Waals surface area contributed by atoms with E-state index < -0.39 is 11.0 Å². The largest absolute Gasteiger partial charge is 0.466 e. The molecular formula is C17H27NO4. The Balaban J connectivity index is 1.87. The third kappa shape index (κ3) is 4.34. The monoisotopic (exact) mass is 309 g/mol. The van der Waals surface area contributed by atoms with Gasteiger partial charge in [-0.2, -0.15) is 0 Å². The van der Waals surface area contributed by atoms with Crippen LogP contribution in [0.15, 0.2) is 22.8 Å². The average Bonchev–Trinajstić information content (AvgIpc) is 3.00. The van der Waals surface area contributed by atoms with Crippen molar-refractivity contribution in [3.05, 3.63) is 24.2 Å². The molecule has 0 saturated carbocycles. The van der Waals surface area contributed by atoms with Crippen LogP contribution in [-0.2, 0) is 15.1 Å². The van der Waals surface area contributed by atoms with E-state index in [4.69, 9.17) is 9.15 Å². The first-order chi connectivity index (χ1) is 10.3. The van der Waals surface area contributed by atoms with Crippen LogP contribution >= 0.6 is 0 Å². The Hall–Kier alpha value is -1.33. The van der Waals surface area contributed by atoms with E-state index in [9.17, 15) is 9.90 Å². The highest BCUT2D eigenvalue weighted by Gasteiger charge is 2.34. The SMILES string of the molecule is CC(C)(CC1CCOCC1)C(=O)NCC(C)(O)c1ccco1. The predicted molar refractivity (Wildman–Crippen MR) is 83.2 cm³/mol. The number of amides is 1. The minimum absolute atomic E-state index is 0.0363. The Labute approximate surface area is 132 Å². The van der Waals surface area contributed by atoms with E-state index in [2.05, 4.69) is 5.32 Å². The molecular weight excluding hydrogens is 282 g/mol. The minimum Gasteiger partial charge on any atom is -0.466 e. The maximum absolute atomic E-state index is 12.5. The number of carbonyl (C=O) groups is 1. The number of carbonyl (C=O) groups excluding carboxylic acids is 1. The van der Waals surface area contributed by atoms with Gasteiger partial charge in [-0.05, 0) is 44.2 Å². The lowest BCUT2D eigenvalue weighted by molar-refractivity contribution is -0.132. The Morgan fingerprint density at radius 1 is 1.36 bits per heavy atom. The smallest absolute Gasteiger partial charge is 0.225 e. The molecule has 124 valence electrons. The van der Waals surface area contributed by atoms with Crippen molar-refractivity contribution in [2.24, 2.45) is 11.3 Å². The molecule has 1 aromatic rings. The van der Waals surface area contributed by atoms with Crippen LogP contribution in [0, 0.1) is 11.3 Å². The molecule has 2 rings (SSSR count). The lowest BCUT2D eigenvalue weighted by atomic mass is 9.79. The van der Waals surface area contributed by atoms with Crippen LogP contribution in [0.5, 0.6) is 0 Å². The highest BCUT2D eigenvalue weighted by molar-refractivity contribution is 5.81. The molecule has 1 amide bonds. The van der Waals surface area contributed by atoms with Gasteiger partial charge in [0.1, 0.15) is 11.4 Å². The van der Waals surface area contributed by atoms with E-state index in [-0.39, 0.29) is 12.5 Å². The van der Waals surface area contributed by atoms with E-state index >= 15 is 0 Å². The van der Waals surface area contributed by atoms with Crippen LogP contribution in [-0.4, -0.2) is 30.8 Å². The van der Waals surface area contributed by atoms with Gasteiger partial charge in [-0.15, -0.1) is 0 Å². The Bertz CT molecular complexity index is 473. The lowest BCUT2D eigenvalue weighted by Crippen LogP contribution is -2.44. The maximum Gasteiger partial charge on any atom is 0.225 e. The standard InChI is InChI=1S/C17H27NO4/c1-16(2,11-13-6-9-21-10-7-13)15(19)18-12-17(3,20)14-5-4-8-22-14/h4-5,8,13,20H,6-7,9-12H2,1-3H3,(H,18,19). The summed E-state index contributed by atoms with van der Waals surface area (Å²) in [5, 5.41) is 13.2. The molecule has 1 aliphatic rings. The fourth-order valence-electron chi connectivity index (χ4n) is 2.93. The molecule has 0 radical (unpaired) electrons. The second-order valence-corrected chi connectivity index (χ2v) is 7.08. The van der Waals surface area contributed by atoms with Gasteiger partial charge in [0.05, 0.1) is 12.8 Å². The van der Waals surface area contributed by atoms with E-state index in [1.165, 1.54) is 6.26 Å². The highest BCUT2D eigenvalue weighted by Crippen LogP contribution is 2.31. The molecule has 0 bridgehead atoms. The average molecular weight is 309 g/mol. The van der Waals surface area contributed by atoms with Crippen LogP contribution < -0.4 is 5.32 Å². The summed E-state index contributed by atoms with van der Waals surface area (Å²) in [5.74, 6) is 0.945.